The maximum atomic E-state index is 11.8. The van der Waals surface area contributed by atoms with Crippen LogP contribution >= 0.6 is 0 Å². The number of carbonyl (C=O) groups excluding carboxylic acids is 1. The van der Waals surface area contributed by atoms with Gasteiger partial charge in [0.15, 0.2) is 0 Å². The van der Waals surface area contributed by atoms with Crippen molar-refractivity contribution < 1.29 is 9.21 Å². The third kappa shape index (κ3) is 2.13. The van der Waals surface area contributed by atoms with Gasteiger partial charge in [0, 0.05) is 17.4 Å². The minimum atomic E-state index is -0.407. The predicted molar refractivity (Wildman–Crippen MR) is 66.3 cm³/mol. The Labute approximate surface area is 99.1 Å². The Morgan fingerprint density at radius 3 is 2.65 bits per heavy atom. The molecule has 2 rings (SSSR count). The maximum Gasteiger partial charge on any atom is 0.340 e. The van der Waals surface area contributed by atoms with E-state index in [0.717, 1.165) is 16.5 Å². The quantitative estimate of drug-likeness (QED) is 0.745. The van der Waals surface area contributed by atoms with E-state index in [4.69, 9.17) is 4.42 Å². The highest BCUT2D eigenvalue weighted by molar-refractivity contribution is 5.84. The van der Waals surface area contributed by atoms with Crippen LogP contribution in [0.15, 0.2) is 27.4 Å². The zero-order chi connectivity index (χ0) is 12.6. The standard InChI is InChI=1S/C14H14O3/c1-8-4-5-11-10(3)12(7-9(2)15)14(16)17-13(11)6-8/h4-6H,7H2,1-3H3. The SMILES string of the molecule is CC(=O)Cc1c(C)c2ccc(C)cc2oc1=O. The number of carbonyl (C=O) groups is 1. The number of benzene rings is 1. The predicted octanol–water partition coefficient (Wildman–Crippen LogP) is 2.54. The first-order chi connectivity index (χ1) is 7.99. The summed E-state index contributed by atoms with van der Waals surface area (Å²) in [5, 5.41) is 0.895. The molecule has 0 radical (unpaired) electrons. The van der Waals surface area contributed by atoms with Crippen molar-refractivity contribution in [3.63, 3.8) is 0 Å². The lowest BCUT2D eigenvalue weighted by Gasteiger charge is -2.06. The summed E-state index contributed by atoms with van der Waals surface area (Å²) >= 11 is 0. The Morgan fingerprint density at radius 1 is 1.29 bits per heavy atom. The van der Waals surface area contributed by atoms with E-state index in [1.165, 1.54) is 6.92 Å². The first kappa shape index (κ1) is 11.6. The van der Waals surface area contributed by atoms with Crippen molar-refractivity contribution in [3.05, 3.63) is 45.3 Å². The molecule has 1 aromatic heterocycles. The molecule has 2 aromatic rings. The number of fused-ring (bicyclic) bond motifs is 1. The summed E-state index contributed by atoms with van der Waals surface area (Å²) in [5.41, 5.74) is 2.52. The van der Waals surface area contributed by atoms with Crippen LogP contribution in [-0.4, -0.2) is 5.78 Å². The van der Waals surface area contributed by atoms with E-state index < -0.39 is 5.63 Å². The van der Waals surface area contributed by atoms with E-state index in [2.05, 4.69) is 0 Å². The summed E-state index contributed by atoms with van der Waals surface area (Å²) in [6.45, 7) is 5.27. The van der Waals surface area contributed by atoms with Crippen molar-refractivity contribution in [2.75, 3.05) is 0 Å². The van der Waals surface area contributed by atoms with Crippen LogP contribution in [0, 0.1) is 13.8 Å². The monoisotopic (exact) mass is 230 g/mol. The van der Waals surface area contributed by atoms with Crippen molar-refractivity contribution in [1.29, 1.82) is 0 Å². The molecule has 0 unspecified atom stereocenters. The van der Waals surface area contributed by atoms with Crippen LogP contribution in [0.5, 0.6) is 0 Å². The number of Topliss-reactive ketones (excluding diaryl/α,β-unsaturated/α-hetero) is 1. The van der Waals surface area contributed by atoms with Crippen LogP contribution in [0.1, 0.15) is 23.6 Å². The molecule has 0 fully saturated rings. The van der Waals surface area contributed by atoms with Gasteiger partial charge in [0.05, 0.1) is 0 Å². The molecule has 0 saturated carbocycles. The van der Waals surface area contributed by atoms with Crippen LogP contribution in [0.25, 0.3) is 11.0 Å². The van der Waals surface area contributed by atoms with E-state index in [1.54, 1.807) is 0 Å². The van der Waals surface area contributed by atoms with E-state index in [9.17, 15) is 9.59 Å². The third-order valence-electron chi connectivity index (χ3n) is 2.87. The molecule has 3 nitrogen and oxygen atoms in total. The third-order valence-corrected chi connectivity index (χ3v) is 2.87. The summed E-state index contributed by atoms with van der Waals surface area (Å²) < 4.78 is 5.25. The minimum absolute atomic E-state index is 0.0353. The van der Waals surface area contributed by atoms with Gasteiger partial charge in [0.1, 0.15) is 11.4 Å². The fourth-order valence-electron chi connectivity index (χ4n) is 1.95. The van der Waals surface area contributed by atoms with Gasteiger partial charge in [-0.15, -0.1) is 0 Å². The Morgan fingerprint density at radius 2 is 2.00 bits per heavy atom. The molecule has 88 valence electrons. The largest absolute Gasteiger partial charge is 0.422 e. The van der Waals surface area contributed by atoms with E-state index in [-0.39, 0.29) is 12.2 Å². The summed E-state index contributed by atoms with van der Waals surface area (Å²) in [7, 11) is 0. The molecular formula is C14H14O3. The normalized spacial score (nSPS) is 10.8. The molecule has 0 N–H and O–H groups in total. The second-order valence-corrected chi connectivity index (χ2v) is 4.37. The van der Waals surface area contributed by atoms with Crippen LogP contribution in [0.4, 0.5) is 0 Å². The summed E-state index contributed by atoms with van der Waals surface area (Å²) in [5.74, 6) is -0.0353. The molecule has 17 heavy (non-hydrogen) atoms. The van der Waals surface area contributed by atoms with E-state index in [0.29, 0.717) is 11.1 Å². The van der Waals surface area contributed by atoms with Gasteiger partial charge in [-0.05, 0) is 38.0 Å². The fraction of sp³-hybridized carbons (Fsp3) is 0.286. The molecule has 0 aliphatic rings. The van der Waals surface area contributed by atoms with Gasteiger partial charge in [-0.2, -0.15) is 0 Å². The van der Waals surface area contributed by atoms with Crippen molar-refractivity contribution in [2.24, 2.45) is 0 Å². The smallest absolute Gasteiger partial charge is 0.340 e. The molecular weight excluding hydrogens is 216 g/mol. The zero-order valence-corrected chi connectivity index (χ0v) is 10.2. The lowest BCUT2D eigenvalue weighted by atomic mass is 10.0. The molecule has 0 bridgehead atoms. The molecule has 1 heterocycles. The van der Waals surface area contributed by atoms with Gasteiger partial charge in [-0.3, -0.25) is 4.79 Å². The average molecular weight is 230 g/mol. The Kier molecular flexibility index (Phi) is 2.84. The molecule has 3 heteroatoms. The zero-order valence-electron chi connectivity index (χ0n) is 10.2. The van der Waals surface area contributed by atoms with Gasteiger partial charge >= 0.3 is 5.63 Å². The Balaban J connectivity index is 2.76. The lowest BCUT2D eigenvalue weighted by Crippen LogP contribution is -2.13. The first-order valence-electron chi connectivity index (χ1n) is 5.51. The second-order valence-electron chi connectivity index (χ2n) is 4.37. The lowest BCUT2D eigenvalue weighted by molar-refractivity contribution is -0.116. The van der Waals surface area contributed by atoms with Crippen molar-refractivity contribution in [3.8, 4) is 0 Å². The van der Waals surface area contributed by atoms with Crippen molar-refractivity contribution in [2.45, 2.75) is 27.2 Å². The number of ketones is 1. The highest BCUT2D eigenvalue weighted by atomic mass is 16.4. The Hall–Kier alpha value is -1.90. The molecule has 0 saturated heterocycles. The van der Waals surface area contributed by atoms with E-state index >= 15 is 0 Å². The molecule has 0 amide bonds. The van der Waals surface area contributed by atoms with Crippen LogP contribution in [0.3, 0.4) is 0 Å². The summed E-state index contributed by atoms with van der Waals surface area (Å²) in [4.78, 5) is 22.9. The fourth-order valence-corrected chi connectivity index (χ4v) is 1.95. The number of hydrogen-bond acceptors (Lipinski definition) is 3. The highest BCUT2D eigenvalue weighted by Crippen LogP contribution is 2.20. The number of hydrogen-bond donors (Lipinski definition) is 0. The molecule has 0 spiro atoms. The van der Waals surface area contributed by atoms with Gasteiger partial charge in [0.2, 0.25) is 0 Å². The van der Waals surface area contributed by atoms with Crippen molar-refractivity contribution in [1.82, 2.24) is 0 Å². The van der Waals surface area contributed by atoms with Gasteiger partial charge < -0.3 is 4.42 Å². The van der Waals surface area contributed by atoms with Crippen LogP contribution in [0.2, 0.25) is 0 Å². The molecule has 0 aliphatic carbocycles. The number of aryl methyl sites for hydroxylation is 2. The highest BCUT2D eigenvalue weighted by Gasteiger charge is 2.12. The van der Waals surface area contributed by atoms with E-state index in [1.807, 2.05) is 32.0 Å². The van der Waals surface area contributed by atoms with Crippen LogP contribution < -0.4 is 5.63 Å². The average Bonchev–Trinajstić information content (AvgIpc) is 2.23. The Bertz CT molecular complexity index is 650. The van der Waals surface area contributed by atoms with Crippen LogP contribution in [-0.2, 0) is 11.2 Å². The molecule has 0 aliphatic heterocycles. The van der Waals surface area contributed by atoms with Gasteiger partial charge in [-0.1, -0.05) is 12.1 Å². The first-order valence-corrected chi connectivity index (χ1v) is 5.51. The van der Waals surface area contributed by atoms with Gasteiger partial charge in [-0.25, -0.2) is 4.79 Å². The number of rotatable bonds is 2. The summed E-state index contributed by atoms with van der Waals surface area (Å²) in [6, 6.07) is 5.72. The molecule has 0 atom stereocenters. The second kappa shape index (κ2) is 4.17. The van der Waals surface area contributed by atoms with Crippen molar-refractivity contribution >= 4 is 16.8 Å². The summed E-state index contributed by atoms with van der Waals surface area (Å²) in [6.07, 6.45) is 0.137. The molecule has 1 aromatic carbocycles. The topological polar surface area (TPSA) is 47.3 Å². The van der Waals surface area contributed by atoms with Gasteiger partial charge in [0.25, 0.3) is 0 Å². The minimum Gasteiger partial charge on any atom is -0.422 e. The maximum absolute atomic E-state index is 11.8.